The normalized spacial score (nSPS) is 14.4. The topological polar surface area (TPSA) is 52.6 Å². The van der Waals surface area contributed by atoms with Crippen LogP contribution in [0.4, 0.5) is 0 Å². The molecule has 0 amide bonds. The Bertz CT molecular complexity index is 243. The van der Waals surface area contributed by atoms with Gasteiger partial charge >= 0.3 is 11.9 Å². The predicted octanol–water partition coefficient (Wildman–Crippen LogP) is 2.66. The Balaban J connectivity index is 5.11. The van der Waals surface area contributed by atoms with Crippen LogP contribution in [0.25, 0.3) is 0 Å². The molecule has 106 valence electrons. The first-order valence-corrected chi connectivity index (χ1v) is 6.69. The Morgan fingerprint density at radius 3 is 1.22 bits per heavy atom. The molecule has 2 unspecified atom stereocenters. The molecule has 4 nitrogen and oxygen atoms in total. The van der Waals surface area contributed by atoms with Crippen LogP contribution in [-0.2, 0) is 19.1 Å². The van der Waals surface area contributed by atoms with Gasteiger partial charge in [0.05, 0.1) is 25.0 Å². The fraction of sp³-hybridized carbons (Fsp3) is 0.857. The van der Waals surface area contributed by atoms with Crippen molar-refractivity contribution < 1.29 is 19.1 Å². The zero-order valence-corrected chi connectivity index (χ0v) is 12.4. The SMILES string of the molecule is CCOC(=O)C(C(C)C)C(C(=O)OCC)C(C)C. The van der Waals surface area contributed by atoms with Gasteiger partial charge in [0.2, 0.25) is 0 Å². The maximum Gasteiger partial charge on any atom is 0.310 e. The zero-order valence-electron chi connectivity index (χ0n) is 12.4. The van der Waals surface area contributed by atoms with E-state index in [1.54, 1.807) is 13.8 Å². The van der Waals surface area contributed by atoms with Crippen molar-refractivity contribution in [3.63, 3.8) is 0 Å². The van der Waals surface area contributed by atoms with Crippen molar-refractivity contribution in [3.05, 3.63) is 0 Å². The number of ether oxygens (including phenoxy) is 2. The molecule has 0 aliphatic carbocycles. The summed E-state index contributed by atoms with van der Waals surface area (Å²) in [6.07, 6.45) is 0. The summed E-state index contributed by atoms with van der Waals surface area (Å²) in [5.74, 6) is -1.41. The molecule has 0 heterocycles. The van der Waals surface area contributed by atoms with Gasteiger partial charge in [-0.2, -0.15) is 0 Å². The minimum atomic E-state index is -0.441. The van der Waals surface area contributed by atoms with E-state index in [0.717, 1.165) is 0 Å². The zero-order chi connectivity index (χ0) is 14.3. The fourth-order valence-corrected chi connectivity index (χ4v) is 2.14. The lowest BCUT2D eigenvalue weighted by Crippen LogP contribution is -2.39. The molecule has 0 saturated heterocycles. The largest absolute Gasteiger partial charge is 0.466 e. The third-order valence-corrected chi connectivity index (χ3v) is 2.94. The van der Waals surface area contributed by atoms with Gasteiger partial charge in [-0.05, 0) is 25.7 Å². The first kappa shape index (κ1) is 16.9. The van der Waals surface area contributed by atoms with E-state index in [1.165, 1.54) is 0 Å². The summed E-state index contributed by atoms with van der Waals surface area (Å²) >= 11 is 0. The monoisotopic (exact) mass is 258 g/mol. The van der Waals surface area contributed by atoms with Crippen molar-refractivity contribution in [1.82, 2.24) is 0 Å². The number of esters is 2. The van der Waals surface area contributed by atoms with Crippen LogP contribution in [0, 0.1) is 23.7 Å². The minimum absolute atomic E-state index is 0.0425. The smallest absolute Gasteiger partial charge is 0.310 e. The van der Waals surface area contributed by atoms with Crippen LogP contribution in [0.3, 0.4) is 0 Å². The molecule has 0 fully saturated rings. The van der Waals surface area contributed by atoms with E-state index in [-0.39, 0.29) is 23.8 Å². The average molecular weight is 258 g/mol. The lowest BCUT2D eigenvalue weighted by molar-refractivity contribution is -0.164. The van der Waals surface area contributed by atoms with Gasteiger partial charge < -0.3 is 9.47 Å². The molecule has 0 aliphatic rings. The molecule has 0 saturated carbocycles. The van der Waals surface area contributed by atoms with E-state index in [9.17, 15) is 9.59 Å². The van der Waals surface area contributed by atoms with Crippen molar-refractivity contribution in [3.8, 4) is 0 Å². The quantitative estimate of drug-likeness (QED) is 0.659. The van der Waals surface area contributed by atoms with Crippen LogP contribution >= 0.6 is 0 Å². The third-order valence-electron chi connectivity index (χ3n) is 2.94. The molecule has 0 rings (SSSR count). The Hall–Kier alpha value is -1.06. The van der Waals surface area contributed by atoms with Gasteiger partial charge in [0, 0.05) is 0 Å². The third kappa shape index (κ3) is 4.67. The highest BCUT2D eigenvalue weighted by Crippen LogP contribution is 2.30. The molecular formula is C14H26O4. The highest BCUT2D eigenvalue weighted by molar-refractivity contribution is 5.82. The van der Waals surface area contributed by atoms with Crippen molar-refractivity contribution in [2.24, 2.45) is 23.7 Å². The minimum Gasteiger partial charge on any atom is -0.466 e. The van der Waals surface area contributed by atoms with Crippen molar-refractivity contribution in [2.75, 3.05) is 13.2 Å². The van der Waals surface area contributed by atoms with Gasteiger partial charge in [0.25, 0.3) is 0 Å². The van der Waals surface area contributed by atoms with Crippen LogP contribution in [0.5, 0.6) is 0 Å². The van der Waals surface area contributed by atoms with Crippen LogP contribution in [-0.4, -0.2) is 25.2 Å². The van der Waals surface area contributed by atoms with E-state index in [1.807, 2.05) is 27.7 Å². The molecule has 0 radical (unpaired) electrons. The van der Waals surface area contributed by atoms with Crippen molar-refractivity contribution in [2.45, 2.75) is 41.5 Å². The highest BCUT2D eigenvalue weighted by Gasteiger charge is 2.39. The number of rotatable bonds is 7. The molecular weight excluding hydrogens is 232 g/mol. The van der Waals surface area contributed by atoms with Crippen LogP contribution < -0.4 is 0 Å². The maximum atomic E-state index is 12.0. The van der Waals surface area contributed by atoms with E-state index < -0.39 is 11.8 Å². The van der Waals surface area contributed by atoms with Crippen molar-refractivity contribution in [1.29, 1.82) is 0 Å². The first-order valence-electron chi connectivity index (χ1n) is 6.69. The van der Waals surface area contributed by atoms with Crippen LogP contribution in [0.2, 0.25) is 0 Å². The Kier molecular flexibility index (Phi) is 7.64. The highest BCUT2D eigenvalue weighted by atomic mass is 16.5. The Morgan fingerprint density at radius 1 is 0.778 bits per heavy atom. The maximum absolute atomic E-state index is 12.0. The van der Waals surface area contributed by atoms with Gasteiger partial charge in [-0.15, -0.1) is 0 Å². The second-order valence-corrected chi connectivity index (χ2v) is 5.04. The fourth-order valence-electron chi connectivity index (χ4n) is 2.14. The molecule has 18 heavy (non-hydrogen) atoms. The lowest BCUT2D eigenvalue weighted by Gasteiger charge is -2.29. The van der Waals surface area contributed by atoms with Crippen LogP contribution in [0.1, 0.15) is 41.5 Å². The second-order valence-electron chi connectivity index (χ2n) is 5.04. The molecule has 0 aromatic rings. The van der Waals surface area contributed by atoms with Crippen LogP contribution in [0.15, 0.2) is 0 Å². The number of hydrogen-bond acceptors (Lipinski definition) is 4. The summed E-state index contributed by atoms with van der Waals surface area (Å²) in [4.78, 5) is 24.0. The van der Waals surface area contributed by atoms with Gasteiger partial charge in [0.15, 0.2) is 0 Å². The Labute approximate surface area is 110 Å². The predicted molar refractivity (Wildman–Crippen MR) is 69.9 cm³/mol. The second kappa shape index (κ2) is 8.11. The van der Waals surface area contributed by atoms with E-state index in [2.05, 4.69) is 0 Å². The summed E-state index contributed by atoms with van der Waals surface area (Å²) in [7, 11) is 0. The first-order chi connectivity index (χ1) is 8.36. The van der Waals surface area contributed by atoms with Gasteiger partial charge in [-0.3, -0.25) is 9.59 Å². The summed E-state index contributed by atoms with van der Waals surface area (Å²) in [5, 5.41) is 0. The summed E-state index contributed by atoms with van der Waals surface area (Å²) in [5.41, 5.74) is 0. The summed E-state index contributed by atoms with van der Waals surface area (Å²) in [6, 6.07) is 0. The van der Waals surface area contributed by atoms with E-state index in [0.29, 0.717) is 13.2 Å². The molecule has 2 atom stereocenters. The van der Waals surface area contributed by atoms with E-state index >= 15 is 0 Å². The number of carbonyl (C=O) groups excluding carboxylic acids is 2. The molecule has 0 N–H and O–H groups in total. The summed E-state index contributed by atoms with van der Waals surface area (Å²) < 4.78 is 10.2. The number of carbonyl (C=O) groups is 2. The number of hydrogen-bond donors (Lipinski definition) is 0. The molecule has 0 bridgehead atoms. The van der Waals surface area contributed by atoms with E-state index in [4.69, 9.17) is 9.47 Å². The molecule has 0 spiro atoms. The molecule has 0 aromatic heterocycles. The standard InChI is InChI=1S/C14H26O4/c1-7-17-13(15)11(9(3)4)12(10(5)6)14(16)18-8-2/h9-12H,7-8H2,1-6H3. The molecule has 0 aromatic carbocycles. The van der Waals surface area contributed by atoms with Crippen molar-refractivity contribution >= 4 is 11.9 Å². The van der Waals surface area contributed by atoms with Gasteiger partial charge in [-0.25, -0.2) is 0 Å². The van der Waals surface area contributed by atoms with Gasteiger partial charge in [-0.1, -0.05) is 27.7 Å². The molecule has 4 heteroatoms. The average Bonchev–Trinajstić information content (AvgIpc) is 2.24. The lowest BCUT2D eigenvalue weighted by atomic mass is 9.77. The molecule has 0 aliphatic heterocycles. The summed E-state index contributed by atoms with van der Waals surface area (Å²) in [6.45, 7) is 11.9. The van der Waals surface area contributed by atoms with Gasteiger partial charge in [0.1, 0.15) is 0 Å². The Morgan fingerprint density at radius 2 is 1.06 bits per heavy atom.